The van der Waals surface area contributed by atoms with Gasteiger partial charge in [0.15, 0.2) is 0 Å². The maximum atomic E-state index is 13.1. The van der Waals surface area contributed by atoms with Crippen LogP contribution in [0.25, 0.3) is 0 Å². The summed E-state index contributed by atoms with van der Waals surface area (Å²) in [5.74, 6) is -0.615. The fourth-order valence-corrected chi connectivity index (χ4v) is 3.85. The highest BCUT2D eigenvalue weighted by atomic mass is 16.3. The number of rotatable bonds is 3. The van der Waals surface area contributed by atoms with Crippen LogP contribution in [-0.2, 0) is 9.59 Å². The van der Waals surface area contributed by atoms with Gasteiger partial charge in [0.25, 0.3) is 11.8 Å². The lowest BCUT2D eigenvalue weighted by Crippen LogP contribution is -2.44. The molecule has 1 fully saturated rings. The van der Waals surface area contributed by atoms with Gasteiger partial charge in [-0.15, -0.1) is 4.91 Å². The number of nitrogens with zero attached hydrogens (tertiary/aromatic N) is 3. The molecule has 1 saturated carbocycles. The van der Waals surface area contributed by atoms with E-state index in [0.717, 1.165) is 12.1 Å². The monoisotopic (exact) mass is 355 g/mol. The van der Waals surface area contributed by atoms with Gasteiger partial charge in [-0.2, -0.15) is 0 Å². The van der Waals surface area contributed by atoms with Crippen molar-refractivity contribution in [1.29, 1.82) is 0 Å². The van der Waals surface area contributed by atoms with Crippen molar-refractivity contribution in [1.82, 2.24) is 4.90 Å². The quantitative estimate of drug-likeness (QED) is 0.573. The first-order chi connectivity index (χ1) is 12.3. The van der Waals surface area contributed by atoms with Crippen LogP contribution >= 0.6 is 0 Å². The maximum Gasteiger partial charge on any atom is 0.286 e. The first kappa shape index (κ1) is 18.4. The molecule has 0 aromatic rings. The lowest BCUT2D eigenvalue weighted by Gasteiger charge is -2.30. The van der Waals surface area contributed by atoms with Crippen LogP contribution in [0.2, 0.25) is 0 Å². The van der Waals surface area contributed by atoms with E-state index in [1.807, 2.05) is 29.2 Å². The van der Waals surface area contributed by atoms with E-state index in [1.54, 1.807) is 0 Å². The zero-order valence-electron chi connectivity index (χ0n) is 15.6. The average Bonchev–Trinajstić information content (AvgIpc) is 2.78. The Morgan fingerprint density at radius 3 is 2.81 bits per heavy atom. The molecule has 0 N–H and O–H groups in total. The van der Waals surface area contributed by atoms with E-state index < -0.39 is 5.91 Å². The Morgan fingerprint density at radius 1 is 1.35 bits per heavy atom. The van der Waals surface area contributed by atoms with Crippen LogP contribution in [0.1, 0.15) is 46.5 Å². The molecule has 3 rings (SSSR count). The number of allylic oxidation sites excluding steroid dienone is 4. The molecule has 0 spiro atoms. The second-order valence-electron chi connectivity index (χ2n) is 8.21. The predicted octanol–water partition coefficient (Wildman–Crippen LogP) is 3.55. The number of aliphatic imine (C=N–C) groups is 1. The molecular formula is C20H25N3O3. The van der Waals surface area contributed by atoms with Crippen molar-refractivity contribution >= 4 is 17.5 Å². The molecule has 2 aliphatic heterocycles. The highest BCUT2D eigenvalue weighted by Crippen LogP contribution is 2.40. The Hall–Kier alpha value is -2.37. The van der Waals surface area contributed by atoms with Gasteiger partial charge in [0.1, 0.15) is 5.71 Å². The van der Waals surface area contributed by atoms with E-state index >= 15 is 0 Å². The van der Waals surface area contributed by atoms with Crippen LogP contribution in [0, 0.1) is 16.2 Å². The SMILES string of the molecule is CC(C)(C)C1=CC=CCC(C(=O)N2CC=C3C[C@H]2CC3CC(=O)N=O)=N1. The number of hydrogen-bond donors (Lipinski definition) is 0. The van der Waals surface area contributed by atoms with Gasteiger partial charge in [-0.05, 0) is 24.8 Å². The Balaban J connectivity index is 1.76. The minimum atomic E-state index is -0.612. The smallest absolute Gasteiger partial charge is 0.286 e. The first-order valence-electron chi connectivity index (χ1n) is 9.10. The minimum Gasteiger partial charge on any atom is -0.331 e. The van der Waals surface area contributed by atoms with Crippen LogP contribution in [0.3, 0.4) is 0 Å². The summed E-state index contributed by atoms with van der Waals surface area (Å²) in [6.45, 7) is 6.78. The van der Waals surface area contributed by atoms with Gasteiger partial charge in [-0.3, -0.25) is 14.6 Å². The third kappa shape index (κ3) is 3.74. The highest BCUT2D eigenvalue weighted by Gasteiger charge is 2.39. The Morgan fingerprint density at radius 2 is 2.12 bits per heavy atom. The fourth-order valence-electron chi connectivity index (χ4n) is 3.85. The fraction of sp³-hybridized carbons (Fsp3) is 0.550. The summed E-state index contributed by atoms with van der Waals surface area (Å²) in [5.41, 5.74) is 2.50. The largest absolute Gasteiger partial charge is 0.331 e. The van der Waals surface area contributed by atoms with Crippen LogP contribution in [0.4, 0.5) is 0 Å². The van der Waals surface area contributed by atoms with Gasteiger partial charge >= 0.3 is 0 Å². The van der Waals surface area contributed by atoms with Crippen molar-refractivity contribution in [2.45, 2.75) is 52.5 Å². The number of nitroso groups, excluding NO2 is 1. The van der Waals surface area contributed by atoms with Crippen molar-refractivity contribution in [2.75, 3.05) is 6.54 Å². The van der Waals surface area contributed by atoms with Gasteiger partial charge in [-0.1, -0.05) is 44.6 Å². The van der Waals surface area contributed by atoms with Gasteiger partial charge in [0.2, 0.25) is 0 Å². The first-order valence-corrected chi connectivity index (χ1v) is 9.10. The molecule has 6 heteroatoms. The minimum absolute atomic E-state index is 0.0315. The van der Waals surface area contributed by atoms with E-state index in [2.05, 4.69) is 30.9 Å². The molecule has 0 saturated heterocycles. The Labute approximate surface area is 153 Å². The van der Waals surface area contributed by atoms with Gasteiger partial charge in [0.05, 0.1) is 0 Å². The van der Waals surface area contributed by atoms with E-state index in [0.29, 0.717) is 25.1 Å². The molecular weight excluding hydrogens is 330 g/mol. The van der Waals surface area contributed by atoms with Gasteiger partial charge < -0.3 is 4.90 Å². The van der Waals surface area contributed by atoms with E-state index in [4.69, 9.17) is 0 Å². The molecule has 3 aliphatic rings. The lowest BCUT2D eigenvalue weighted by molar-refractivity contribution is -0.125. The average molecular weight is 355 g/mol. The number of hydrogen-bond acceptors (Lipinski definition) is 4. The van der Waals surface area contributed by atoms with Crippen molar-refractivity contribution in [2.24, 2.45) is 21.5 Å². The molecule has 0 aromatic carbocycles. The molecule has 0 radical (unpaired) electrons. The van der Waals surface area contributed by atoms with Crippen LogP contribution in [0.5, 0.6) is 0 Å². The zero-order valence-corrected chi connectivity index (χ0v) is 15.6. The van der Waals surface area contributed by atoms with Crippen LogP contribution in [-0.4, -0.2) is 35.0 Å². The molecule has 2 atom stereocenters. The van der Waals surface area contributed by atoms with E-state index in [1.165, 1.54) is 5.57 Å². The van der Waals surface area contributed by atoms with Crippen molar-refractivity contribution in [3.8, 4) is 0 Å². The summed E-state index contributed by atoms with van der Waals surface area (Å²) in [6, 6.07) is 0.0731. The molecule has 138 valence electrons. The maximum absolute atomic E-state index is 13.1. The van der Waals surface area contributed by atoms with E-state index in [-0.39, 0.29) is 29.7 Å². The van der Waals surface area contributed by atoms with Gasteiger partial charge in [0, 0.05) is 41.7 Å². The Kier molecular flexibility index (Phi) is 5.03. The zero-order chi connectivity index (χ0) is 18.9. The number of carbonyl (C=O) groups is 2. The summed E-state index contributed by atoms with van der Waals surface area (Å²) in [5, 5.41) is 2.51. The Bertz CT molecular complexity index is 753. The summed E-state index contributed by atoms with van der Waals surface area (Å²) < 4.78 is 0. The van der Waals surface area contributed by atoms with Crippen LogP contribution in [0.15, 0.2) is 45.7 Å². The summed E-state index contributed by atoms with van der Waals surface area (Å²) in [6.07, 6.45) is 10.1. The molecule has 2 amide bonds. The summed E-state index contributed by atoms with van der Waals surface area (Å²) in [4.78, 5) is 41.4. The van der Waals surface area contributed by atoms with Crippen molar-refractivity contribution < 1.29 is 9.59 Å². The standard InChI is InChI=1S/C20H25N3O3/c1-20(2,3)17-7-5-4-6-16(21-17)19(25)23-9-8-13-10-15(23)11-14(13)12-18(24)22-26/h4-5,7-8,14-15H,6,9-12H2,1-3H3/t14?,15-/m0/s1. The van der Waals surface area contributed by atoms with Crippen molar-refractivity contribution in [3.63, 3.8) is 0 Å². The second kappa shape index (κ2) is 7.09. The number of amides is 2. The molecule has 0 aromatic heterocycles. The molecule has 26 heavy (non-hydrogen) atoms. The summed E-state index contributed by atoms with van der Waals surface area (Å²) in [7, 11) is 0. The number of carbonyl (C=O) groups excluding carboxylic acids is 2. The van der Waals surface area contributed by atoms with Crippen molar-refractivity contribution in [3.05, 3.63) is 40.5 Å². The molecule has 2 heterocycles. The van der Waals surface area contributed by atoms with Gasteiger partial charge in [-0.25, -0.2) is 0 Å². The normalized spacial score (nSPS) is 25.2. The molecule has 1 unspecified atom stereocenters. The highest BCUT2D eigenvalue weighted by molar-refractivity contribution is 6.39. The predicted molar refractivity (Wildman–Crippen MR) is 100 cm³/mol. The lowest BCUT2D eigenvalue weighted by atomic mass is 9.92. The number of fused-ring (bicyclic) bond motifs is 2. The summed E-state index contributed by atoms with van der Waals surface area (Å²) >= 11 is 0. The van der Waals surface area contributed by atoms with E-state index in [9.17, 15) is 14.5 Å². The topological polar surface area (TPSA) is 79.2 Å². The van der Waals surface area contributed by atoms with Crippen LogP contribution < -0.4 is 0 Å². The third-order valence-electron chi connectivity index (χ3n) is 5.30. The third-order valence-corrected chi connectivity index (χ3v) is 5.30. The molecule has 2 bridgehead atoms. The molecule has 1 aliphatic carbocycles. The molecule has 6 nitrogen and oxygen atoms in total. The second-order valence-corrected chi connectivity index (χ2v) is 8.21.